The van der Waals surface area contributed by atoms with E-state index in [1.807, 2.05) is 0 Å². The molecule has 1 saturated heterocycles. The van der Waals surface area contributed by atoms with Crippen molar-refractivity contribution in [1.29, 1.82) is 0 Å². The van der Waals surface area contributed by atoms with Gasteiger partial charge in [0, 0.05) is 19.2 Å². The van der Waals surface area contributed by atoms with Crippen LogP contribution in [-0.2, 0) is 11.3 Å². The van der Waals surface area contributed by atoms with Gasteiger partial charge in [-0.2, -0.15) is 0 Å². The van der Waals surface area contributed by atoms with Crippen molar-refractivity contribution < 1.29 is 4.74 Å². The number of hydrogen-bond acceptors (Lipinski definition) is 4. The first-order valence-corrected chi connectivity index (χ1v) is 7.61. The fourth-order valence-corrected chi connectivity index (χ4v) is 3.26. The molecule has 1 atom stereocenters. The molecule has 19 heavy (non-hydrogen) atoms. The number of aromatic nitrogens is 3. The molecule has 3 fully saturated rings. The van der Waals surface area contributed by atoms with Crippen molar-refractivity contribution in [3.8, 4) is 0 Å². The molecule has 4 rings (SSSR count). The lowest BCUT2D eigenvalue weighted by molar-refractivity contribution is -0.141. The molecule has 1 N–H and O–H groups in total. The van der Waals surface area contributed by atoms with Crippen molar-refractivity contribution in [2.45, 2.75) is 69.2 Å². The molecule has 0 bridgehead atoms. The van der Waals surface area contributed by atoms with Crippen LogP contribution < -0.4 is 5.32 Å². The molecule has 0 amide bonds. The van der Waals surface area contributed by atoms with E-state index in [2.05, 4.69) is 26.5 Å². The van der Waals surface area contributed by atoms with Crippen molar-refractivity contribution >= 4 is 0 Å². The van der Waals surface area contributed by atoms with Crippen LogP contribution in [0.1, 0.15) is 56.7 Å². The zero-order chi connectivity index (χ0) is 12.7. The van der Waals surface area contributed by atoms with Gasteiger partial charge in [-0.15, -0.1) is 5.10 Å². The van der Waals surface area contributed by atoms with Gasteiger partial charge in [0.15, 0.2) is 0 Å². The van der Waals surface area contributed by atoms with Gasteiger partial charge in [0.2, 0.25) is 0 Å². The maximum Gasteiger partial charge on any atom is 0.0965 e. The third-order valence-corrected chi connectivity index (χ3v) is 4.81. The number of rotatable bonds is 4. The number of nitrogens with zero attached hydrogens (tertiary/aromatic N) is 3. The van der Waals surface area contributed by atoms with Crippen LogP contribution in [0.5, 0.6) is 0 Å². The first kappa shape index (κ1) is 11.9. The van der Waals surface area contributed by atoms with Gasteiger partial charge in [0.25, 0.3) is 0 Å². The Balaban J connectivity index is 1.40. The highest BCUT2D eigenvalue weighted by Gasteiger charge is 2.43. The zero-order valence-corrected chi connectivity index (χ0v) is 11.3. The lowest BCUT2D eigenvalue weighted by atomic mass is 9.74. The van der Waals surface area contributed by atoms with Crippen LogP contribution in [0.25, 0.3) is 0 Å². The van der Waals surface area contributed by atoms with Crippen LogP contribution >= 0.6 is 0 Å². The number of hydrogen-bond donors (Lipinski definition) is 1. The molecular formula is C14H22N4O. The molecule has 1 unspecified atom stereocenters. The van der Waals surface area contributed by atoms with Crippen molar-refractivity contribution in [1.82, 2.24) is 20.3 Å². The van der Waals surface area contributed by atoms with Crippen LogP contribution in [-0.4, -0.2) is 33.2 Å². The molecule has 2 saturated carbocycles. The Kier molecular flexibility index (Phi) is 2.84. The minimum atomic E-state index is 0.182. The minimum Gasteiger partial charge on any atom is -0.375 e. The highest BCUT2D eigenvalue weighted by molar-refractivity contribution is 4.99. The van der Waals surface area contributed by atoms with Crippen molar-refractivity contribution in [2.24, 2.45) is 0 Å². The van der Waals surface area contributed by atoms with Gasteiger partial charge < -0.3 is 10.1 Å². The maximum atomic E-state index is 5.97. The second-order valence-electron chi connectivity index (χ2n) is 6.38. The van der Waals surface area contributed by atoms with Crippen molar-refractivity contribution in [3.63, 3.8) is 0 Å². The highest BCUT2D eigenvalue weighted by atomic mass is 16.5. The van der Waals surface area contributed by atoms with E-state index in [9.17, 15) is 0 Å². The molecule has 104 valence electrons. The van der Waals surface area contributed by atoms with Crippen LogP contribution in [0.4, 0.5) is 0 Å². The van der Waals surface area contributed by atoms with Crippen molar-refractivity contribution in [3.05, 3.63) is 11.9 Å². The summed E-state index contributed by atoms with van der Waals surface area (Å²) in [4.78, 5) is 0. The van der Waals surface area contributed by atoms with Crippen LogP contribution in [0.2, 0.25) is 0 Å². The van der Waals surface area contributed by atoms with Crippen LogP contribution in [0.15, 0.2) is 6.20 Å². The summed E-state index contributed by atoms with van der Waals surface area (Å²) in [6.07, 6.45) is 10.7. The largest absolute Gasteiger partial charge is 0.375 e. The fourth-order valence-electron chi connectivity index (χ4n) is 3.26. The summed E-state index contributed by atoms with van der Waals surface area (Å²) in [6, 6.07) is 1.21. The van der Waals surface area contributed by atoms with Gasteiger partial charge in [-0.25, -0.2) is 4.68 Å². The Morgan fingerprint density at radius 1 is 1.37 bits per heavy atom. The van der Waals surface area contributed by atoms with Gasteiger partial charge in [-0.1, -0.05) is 5.21 Å². The molecule has 5 nitrogen and oxygen atoms in total. The van der Waals surface area contributed by atoms with Crippen LogP contribution in [0, 0.1) is 0 Å². The molecule has 2 heterocycles. The third-order valence-electron chi connectivity index (χ3n) is 4.81. The summed E-state index contributed by atoms with van der Waals surface area (Å²) >= 11 is 0. The highest BCUT2D eigenvalue weighted by Crippen LogP contribution is 2.45. The molecule has 0 aromatic carbocycles. The topological polar surface area (TPSA) is 52.0 Å². The van der Waals surface area contributed by atoms with Gasteiger partial charge in [-0.3, -0.25) is 0 Å². The van der Waals surface area contributed by atoms with E-state index in [1.54, 1.807) is 0 Å². The molecule has 1 aromatic heterocycles. The molecule has 0 radical (unpaired) electrons. The predicted octanol–water partition coefficient (Wildman–Crippen LogP) is 1.80. The molecule has 5 heteroatoms. The lowest BCUT2D eigenvalue weighted by Gasteiger charge is -2.47. The summed E-state index contributed by atoms with van der Waals surface area (Å²) in [6.45, 7) is 1.74. The first-order chi connectivity index (χ1) is 9.33. The first-order valence-electron chi connectivity index (χ1n) is 7.61. The maximum absolute atomic E-state index is 5.97. The van der Waals surface area contributed by atoms with Gasteiger partial charge in [-0.05, 0) is 44.9 Å². The van der Waals surface area contributed by atoms with Crippen molar-refractivity contribution in [2.75, 3.05) is 6.61 Å². The fraction of sp³-hybridized carbons (Fsp3) is 0.857. The second-order valence-corrected chi connectivity index (χ2v) is 6.38. The third kappa shape index (κ3) is 2.41. The Morgan fingerprint density at radius 2 is 2.26 bits per heavy atom. The number of ether oxygens (including phenoxy) is 1. The summed E-state index contributed by atoms with van der Waals surface area (Å²) in [5.41, 5.74) is 1.25. The lowest BCUT2D eigenvalue weighted by Crippen LogP contribution is -2.46. The molecule has 1 spiro atoms. The average molecular weight is 262 g/mol. The Hall–Kier alpha value is -0.940. The zero-order valence-electron chi connectivity index (χ0n) is 11.3. The predicted molar refractivity (Wildman–Crippen MR) is 70.7 cm³/mol. The molecule has 1 aliphatic heterocycles. The van der Waals surface area contributed by atoms with Gasteiger partial charge in [0.05, 0.1) is 23.5 Å². The van der Waals surface area contributed by atoms with E-state index in [0.717, 1.165) is 37.7 Å². The smallest absolute Gasteiger partial charge is 0.0965 e. The van der Waals surface area contributed by atoms with Gasteiger partial charge in [0.1, 0.15) is 0 Å². The normalized spacial score (nSPS) is 29.4. The van der Waals surface area contributed by atoms with E-state index in [-0.39, 0.29) is 5.60 Å². The SMILES string of the molecule is c1c(CNC2CC2)nnn1C1CCOC2(CCC2)C1. The number of nitrogens with one attached hydrogen (secondary N) is 1. The molecule has 2 aliphatic carbocycles. The second kappa shape index (κ2) is 4.56. The van der Waals surface area contributed by atoms with Crippen LogP contribution in [0.3, 0.4) is 0 Å². The van der Waals surface area contributed by atoms with E-state index in [1.165, 1.54) is 32.1 Å². The Labute approximate surface area is 113 Å². The van der Waals surface area contributed by atoms with E-state index < -0.39 is 0 Å². The monoisotopic (exact) mass is 262 g/mol. The quantitative estimate of drug-likeness (QED) is 0.899. The summed E-state index contributed by atoms with van der Waals surface area (Å²) in [5, 5.41) is 12.1. The van der Waals surface area contributed by atoms with E-state index >= 15 is 0 Å². The summed E-state index contributed by atoms with van der Waals surface area (Å²) < 4.78 is 8.05. The molecule has 1 aromatic rings. The van der Waals surface area contributed by atoms with E-state index in [4.69, 9.17) is 4.74 Å². The van der Waals surface area contributed by atoms with Gasteiger partial charge >= 0.3 is 0 Å². The molecular weight excluding hydrogens is 240 g/mol. The standard InChI is InChI=1S/C14H22N4O/c1-5-14(6-1)8-13(4-7-19-14)18-10-12(16-17-18)9-15-11-2-3-11/h10-11,13,15H,1-9H2. The minimum absolute atomic E-state index is 0.182. The Morgan fingerprint density at radius 3 is 3.00 bits per heavy atom. The van der Waals surface area contributed by atoms with E-state index in [0.29, 0.717) is 6.04 Å². The summed E-state index contributed by atoms with van der Waals surface area (Å²) in [5.74, 6) is 0. The molecule has 3 aliphatic rings. The average Bonchev–Trinajstić information content (AvgIpc) is 3.12. The Bertz CT molecular complexity index is 450. The summed E-state index contributed by atoms with van der Waals surface area (Å²) in [7, 11) is 0.